The Labute approximate surface area is 84.8 Å². The molecule has 0 spiro atoms. The molecule has 0 saturated heterocycles. The molecule has 0 aliphatic carbocycles. The van der Waals surface area contributed by atoms with Crippen LogP contribution in [-0.4, -0.2) is 18.0 Å². The summed E-state index contributed by atoms with van der Waals surface area (Å²) in [5.74, 6) is 0. The molecule has 0 unspecified atom stereocenters. The van der Waals surface area contributed by atoms with Gasteiger partial charge >= 0.3 is 0 Å². The average Bonchev–Trinajstić information content (AvgIpc) is 2.19. The molecule has 0 aromatic heterocycles. The molecule has 0 bridgehead atoms. The van der Waals surface area contributed by atoms with E-state index in [1.165, 1.54) is 11.1 Å². The van der Waals surface area contributed by atoms with E-state index in [1.54, 1.807) is 0 Å². The topological polar surface area (TPSA) is 27.0 Å². The van der Waals surface area contributed by atoms with Crippen molar-refractivity contribution in [2.45, 2.75) is 25.9 Å². The van der Waals surface area contributed by atoms with Crippen molar-refractivity contribution in [1.82, 2.24) is 4.90 Å². The highest BCUT2D eigenvalue weighted by atomic mass is 15.1. The SMILES string of the molecule is C[C@@H]1Cc2cc(C#N)ccc2CN1C. The fourth-order valence-electron chi connectivity index (χ4n) is 1.94. The molecular weight excluding hydrogens is 172 g/mol. The highest BCUT2D eigenvalue weighted by molar-refractivity contribution is 5.39. The summed E-state index contributed by atoms with van der Waals surface area (Å²) in [6, 6.07) is 8.78. The summed E-state index contributed by atoms with van der Waals surface area (Å²) in [6.45, 7) is 3.23. The molecule has 0 saturated carbocycles. The van der Waals surface area contributed by atoms with Crippen molar-refractivity contribution in [2.75, 3.05) is 7.05 Å². The standard InChI is InChI=1S/C12H14N2/c1-9-5-12-6-10(7-13)3-4-11(12)8-14(9)2/h3-4,6,9H,5,8H2,1-2H3/t9-/m1/s1. The fourth-order valence-corrected chi connectivity index (χ4v) is 1.94. The lowest BCUT2D eigenvalue weighted by atomic mass is 9.94. The van der Waals surface area contributed by atoms with Crippen molar-refractivity contribution >= 4 is 0 Å². The number of fused-ring (bicyclic) bond motifs is 1. The largest absolute Gasteiger partial charge is 0.299 e. The normalized spacial score (nSPS) is 21.4. The zero-order valence-corrected chi connectivity index (χ0v) is 8.62. The molecule has 0 amide bonds. The van der Waals surface area contributed by atoms with Crippen molar-refractivity contribution in [3.63, 3.8) is 0 Å². The Hall–Kier alpha value is -1.33. The van der Waals surface area contributed by atoms with Crippen LogP contribution in [0.3, 0.4) is 0 Å². The Morgan fingerprint density at radius 1 is 1.43 bits per heavy atom. The summed E-state index contributed by atoms with van der Waals surface area (Å²) in [6.07, 6.45) is 1.06. The lowest BCUT2D eigenvalue weighted by Gasteiger charge is -2.31. The van der Waals surface area contributed by atoms with Gasteiger partial charge in [-0.3, -0.25) is 4.90 Å². The van der Waals surface area contributed by atoms with Crippen LogP contribution >= 0.6 is 0 Å². The second kappa shape index (κ2) is 3.43. The van der Waals surface area contributed by atoms with Crippen molar-refractivity contribution in [3.05, 3.63) is 34.9 Å². The number of rotatable bonds is 0. The maximum absolute atomic E-state index is 8.80. The van der Waals surface area contributed by atoms with Gasteiger partial charge < -0.3 is 0 Å². The number of hydrogen-bond acceptors (Lipinski definition) is 2. The third-order valence-corrected chi connectivity index (χ3v) is 3.02. The molecule has 1 aromatic rings. The Morgan fingerprint density at radius 2 is 2.21 bits per heavy atom. The molecule has 2 rings (SSSR count). The molecule has 1 heterocycles. The zero-order valence-electron chi connectivity index (χ0n) is 8.62. The summed E-state index contributed by atoms with van der Waals surface area (Å²) < 4.78 is 0. The van der Waals surface area contributed by atoms with E-state index in [9.17, 15) is 0 Å². The lowest BCUT2D eigenvalue weighted by molar-refractivity contribution is 0.231. The molecule has 1 aromatic carbocycles. The molecule has 0 radical (unpaired) electrons. The molecule has 0 N–H and O–H groups in total. The molecule has 2 heteroatoms. The molecule has 0 fully saturated rings. The molecular formula is C12H14N2. The minimum Gasteiger partial charge on any atom is -0.299 e. The Kier molecular flexibility index (Phi) is 2.26. The van der Waals surface area contributed by atoms with E-state index in [1.807, 2.05) is 12.1 Å². The predicted octanol–water partition coefficient (Wildman–Crippen LogP) is 1.93. The first-order valence-corrected chi connectivity index (χ1v) is 4.93. The molecule has 1 aliphatic heterocycles. The highest BCUT2D eigenvalue weighted by Crippen LogP contribution is 2.22. The van der Waals surface area contributed by atoms with Crippen molar-refractivity contribution in [3.8, 4) is 6.07 Å². The van der Waals surface area contributed by atoms with Crippen LogP contribution in [0.5, 0.6) is 0 Å². The fraction of sp³-hybridized carbons (Fsp3) is 0.417. The average molecular weight is 186 g/mol. The quantitative estimate of drug-likeness (QED) is 0.619. The van der Waals surface area contributed by atoms with E-state index in [0.29, 0.717) is 6.04 Å². The Morgan fingerprint density at radius 3 is 2.93 bits per heavy atom. The Balaban J connectivity index is 2.39. The van der Waals surface area contributed by atoms with Crippen LogP contribution in [-0.2, 0) is 13.0 Å². The van der Waals surface area contributed by atoms with Gasteiger partial charge in [-0.05, 0) is 43.7 Å². The first-order valence-electron chi connectivity index (χ1n) is 4.93. The van der Waals surface area contributed by atoms with E-state index in [2.05, 4.69) is 31.0 Å². The second-order valence-corrected chi connectivity index (χ2v) is 4.06. The van der Waals surface area contributed by atoms with Crippen LogP contribution in [0.15, 0.2) is 18.2 Å². The minimum atomic E-state index is 0.580. The number of nitrogens with zero attached hydrogens (tertiary/aromatic N) is 2. The van der Waals surface area contributed by atoms with Gasteiger partial charge in [0.25, 0.3) is 0 Å². The third kappa shape index (κ3) is 1.51. The van der Waals surface area contributed by atoms with Crippen LogP contribution in [0, 0.1) is 11.3 Å². The monoisotopic (exact) mass is 186 g/mol. The minimum absolute atomic E-state index is 0.580. The van der Waals surface area contributed by atoms with Gasteiger partial charge in [0.15, 0.2) is 0 Å². The van der Waals surface area contributed by atoms with Crippen LogP contribution < -0.4 is 0 Å². The lowest BCUT2D eigenvalue weighted by Crippen LogP contribution is -2.34. The van der Waals surface area contributed by atoms with Crippen molar-refractivity contribution in [2.24, 2.45) is 0 Å². The van der Waals surface area contributed by atoms with E-state index in [4.69, 9.17) is 5.26 Å². The van der Waals surface area contributed by atoms with Crippen molar-refractivity contribution < 1.29 is 0 Å². The van der Waals surface area contributed by atoms with E-state index in [-0.39, 0.29) is 0 Å². The van der Waals surface area contributed by atoms with E-state index in [0.717, 1.165) is 18.5 Å². The summed E-state index contributed by atoms with van der Waals surface area (Å²) in [7, 11) is 2.14. The Bertz CT molecular complexity index is 390. The van der Waals surface area contributed by atoms with Crippen LogP contribution in [0.1, 0.15) is 23.6 Å². The van der Waals surface area contributed by atoms with E-state index < -0.39 is 0 Å². The molecule has 1 aliphatic rings. The van der Waals surface area contributed by atoms with Gasteiger partial charge in [0, 0.05) is 12.6 Å². The van der Waals surface area contributed by atoms with E-state index >= 15 is 0 Å². The molecule has 72 valence electrons. The number of likely N-dealkylation sites (N-methyl/N-ethyl adjacent to an activating group) is 1. The van der Waals surface area contributed by atoms with Gasteiger partial charge in [-0.25, -0.2) is 0 Å². The first-order chi connectivity index (χ1) is 6.70. The second-order valence-electron chi connectivity index (χ2n) is 4.06. The molecule has 2 nitrogen and oxygen atoms in total. The summed E-state index contributed by atoms with van der Waals surface area (Å²) in [4.78, 5) is 2.34. The third-order valence-electron chi connectivity index (χ3n) is 3.02. The number of hydrogen-bond donors (Lipinski definition) is 0. The van der Waals surface area contributed by atoms with Gasteiger partial charge in [0.2, 0.25) is 0 Å². The van der Waals surface area contributed by atoms with Gasteiger partial charge in [0.05, 0.1) is 11.6 Å². The van der Waals surface area contributed by atoms with Gasteiger partial charge in [-0.1, -0.05) is 6.07 Å². The molecule has 1 atom stereocenters. The number of benzene rings is 1. The number of nitriles is 1. The highest BCUT2D eigenvalue weighted by Gasteiger charge is 2.19. The summed E-state index contributed by atoms with van der Waals surface area (Å²) >= 11 is 0. The van der Waals surface area contributed by atoms with Crippen LogP contribution in [0.2, 0.25) is 0 Å². The zero-order chi connectivity index (χ0) is 10.1. The van der Waals surface area contributed by atoms with Crippen molar-refractivity contribution in [1.29, 1.82) is 5.26 Å². The molecule has 14 heavy (non-hydrogen) atoms. The van der Waals surface area contributed by atoms with Crippen LogP contribution in [0.25, 0.3) is 0 Å². The van der Waals surface area contributed by atoms with Gasteiger partial charge in [0.1, 0.15) is 0 Å². The first kappa shape index (κ1) is 9.23. The predicted molar refractivity (Wildman–Crippen MR) is 55.8 cm³/mol. The smallest absolute Gasteiger partial charge is 0.0991 e. The van der Waals surface area contributed by atoms with Crippen LogP contribution in [0.4, 0.5) is 0 Å². The maximum Gasteiger partial charge on any atom is 0.0991 e. The summed E-state index contributed by atoms with van der Waals surface area (Å²) in [5, 5.41) is 8.80. The van der Waals surface area contributed by atoms with Gasteiger partial charge in [-0.15, -0.1) is 0 Å². The maximum atomic E-state index is 8.80. The van der Waals surface area contributed by atoms with Gasteiger partial charge in [-0.2, -0.15) is 5.26 Å². The summed E-state index contributed by atoms with van der Waals surface area (Å²) in [5.41, 5.74) is 3.49.